The van der Waals surface area contributed by atoms with Gasteiger partial charge in [0.15, 0.2) is 0 Å². The second kappa shape index (κ2) is 1.67. The SMILES string of the molecule is CC(C)C1(C)C2CC21C(C)C. The Labute approximate surface area is 70.4 Å². The third kappa shape index (κ3) is 0.554. The van der Waals surface area contributed by atoms with Crippen LogP contribution in [0.1, 0.15) is 41.0 Å². The summed E-state index contributed by atoms with van der Waals surface area (Å²) in [5, 5.41) is 0. The van der Waals surface area contributed by atoms with Gasteiger partial charge in [-0.1, -0.05) is 34.6 Å². The number of rotatable bonds is 2. The zero-order valence-electron chi connectivity index (χ0n) is 8.44. The van der Waals surface area contributed by atoms with Crippen LogP contribution in [0.2, 0.25) is 0 Å². The summed E-state index contributed by atoms with van der Waals surface area (Å²) in [6, 6.07) is 0. The standard InChI is InChI=1S/C11H20/c1-7(2)10(5)9-6-11(9,10)8(3)4/h7-9H,6H2,1-5H3. The third-order valence-corrected chi connectivity index (χ3v) is 4.88. The highest BCUT2D eigenvalue weighted by atomic mass is 14.9. The van der Waals surface area contributed by atoms with Crippen molar-refractivity contribution in [3.63, 3.8) is 0 Å². The van der Waals surface area contributed by atoms with Gasteiger partial charge in [-0.2, -0.15) is 0 Å². The first-order valence-electron chi connectivity index (χ1n) is 4.98. The van der Waals surface area contributed by atoms with E-state index < -0.39 is 0 Å². The van der Waals surface area contributed by atoms with E-state index in [1.165, 1.54) is 6.42 Å². The van der Waals surface area contributed by atoms with Crippen molar-refractivity contribution in [1.82, 2.24) is 0 Å². The first-order valence-corrected chi connectivity index (χ1v) is 4.98. The smallest absolute Gasteiger partial charge is 0.0178 e. The predicted molar refractivity (Wildman–Crippen MR) is 48.3 cm³/mol. The van der Waals surface area contributed by atoms with E-state index in [-0.39, 0.29) is 0 Å². The average Bonchev–Trinajstić information content (AvgIpc) is 2.69. The van der Waals surface area contributed by atoms with Gasteiger partial charge in [-0.25, -0.2) is 0 Å². The Morgan fingerprint density at radius 1 is 1.09 bits per heavy atom. The normalized spacial score (nSPS) is 53.2. The van der Waals surface area contributed by atoms with Gasteiger partial charge >= 0.3 is 0 Å². The van der Waals surface area contributed by atoms with Crippen molar-refractivity contribution in [2.75, 3.05) is 0 Å². The summed E-state index contributed by atoms with van der Waals surface area (Å²) < 4.78 is 0. The second-order valence-corrected chi connectivity index (χ2v) is 5.39. The Bertz CT molecular complexity index is 178. The van der Waals surface area contributed by atoms with Crippen LogP contribution < -0.4 is 0 Å². The maximum atomic E-state index is 2.49. The maximum absolute atomic E-state index is 2.49. The molecule has 2 saturated carbocycles. The summed E-state index contributed by atoms with van der Waals surface area (Å²) in [5.74, 6) is 2.90. The number of fused-ring (bicyclic) bond motifs is 1. The van der Waals surface area contributed by atoms with Crippen LogP contribution in [0.15, 0.2) is 0 Å². The molecule has 2 fully saturated rings. The molecule has 0 amide bonds. The molecule has 0 heterocycles. The molecule has 0 N–H and O–H groups in total. The molecule has 0 nitrogen and oxygen atoms in total. The van der Waals surface area contributed by atoms with Gasteiger partial charge in [0.2, 0.25) is 0 Å². The maximum Gasteiger partial charge on any atom is -0.0178 e. The second-order valence-electron chi connectivity index (χ2n) is 5.39. The summed E-state index contributed by atoms with van der Waals surface area (Å²) in [6.07, 6.45) is 1.53. The molecule has 2 rings (SSSR count). The molecule has 11 heavy (non-hydrogen) atoms. The molecule has 0 radical (unpaired) electrons. The number of hydrogen-bond donors (Lipinski definition) is 0. The lowest BCUT2D eigenvalue weighted by atomic mass is 9.76. The largest absolute Gasteiger partial charge is 0.0622 e. The van der Waals surface area contributed by atoms with Crippen molar-refractivity contribution in [2.24, 2.45) is 28.6 Å². The van der Waals surface area contributed by atoms with Crippen LogP contribution in [0, 0.1) is 28.6 Å². The molecule has 2 aliphatic carbocycles. The minimum Gasteiger partial charge on any atom is -0.0622 e. The molecule has 0 aromatic heterocycles. The van der Waals surface area contributed by atoms with Crippen molar-refractivity contribution in [3.8, 4) is 0 Å². The minimum atomic E-state index is 0.723. The van der Waals surface area contributed by atoms with Gasteiger partial charge in [-0.15, -0.1) is 0 Å². The highest BCUT2D eigenvalue weighted by Crippen LogP contribution is 2.92. The quantitative estimate of drug-likeness (QED) is 0.569. The lowest BCUT2D eigenvalue weighted by Gasteiger charge is -2.29. The molecular weight excluding hydrogens is 132 g/mol. The molecule has 64 valence electrons. The van der Waals surface area contributed by atoms with E-state index in [0.29, 0.717) is 0 Å². The van der Waals surface area contributed by atoms with Crippen LogP contribution in [-0.2, 0) is 0 Å². The van der Waals surface area contributed by atoms with Gasteiger partial charge in [0.25, 0.3) is 0 Å². The molecule has 2 aliphatic rings. The van der Waals surface area contributed by atoms with Crippen molar-refractivity contribution in [2.45, 2.75) is 41.0 Å². The number of hydrogen-bond acceptors (Lipinski definition) is 0. The zero-order chi connectivity index (χ0) is 8.44. The highest BCUT2D eigenvalue weighted by molar-refractivity contribution is 5.34. The summed E-state index contributed by atoms with van der Waals surface area (Å²) in [5.41, 5.74) is 1.52. The van der Waals surface area contributed by atoms with Crippen LogP contribution in [0.5, 0.6) is 0 Å². The molecule has 0 bridgehead atoms. The van der Waals surface area contributed by atoms with Gasteiger partial charge in [0, 0.05) is 0 Å². The van der Waals surface area contributed by atoms with E-state index in [4.69, 9.17) is 0 Å². The van der Waals surface area contributed by atoms with Crippen molar-refractivity contribution < 1.29 is 0 Å². The Morgan fingerprint density at radius 2 is 1.64 bits per heavy atom. The third-order valence-electron chi connectivity index (χ3n) is 4.88. The van der Waals surface area contributed by atoms with E-state index in [0.717, 1.165) is 28.6 Å². The van der Waals surface area contributed by atoms with Crippen molar-refractivity contribution in [3.05, 3.63) is 0 Å². The molecule has 3 atom stereocenters. The van der Waals surface area contributed by atoms with Gasteiger partial charge in [0.05, 0.1) is 0 Å². The summed E-state index contributed by atoms with van der Waals surface area (Å²) in [6.45, 7) is 12.1. The van der Waals surface area contributed by atoms with Crippen molar-refractivity contribution >= 4 is 0 Å². The summed E-state index contributed by atoms with van der Waals surface area (Å²) in [4.78, 5) is 0. The molecule has 0 heteroatoms. The van der Waals surface area contributed by atoms with Gasteiger partial charge in [-0.3, -0.25) is 0 Å². The molecule has 0 aliphatic heterocycles. The average molecular weight is 152 g/mol. The molecular formula is C11H20. The molecule has 3 unspecified atom stereocenters. The van der Waals surface area contributed by atoms with E-state index in [1.807, 2.05) is 0 Å². The van der Waals surface area contributed by atoms with Gasteiger partial charge < -0.3 is 0 Å². The lowest BCUT2D eigenvalue weighted by molar-refractivity contribution is 0.195. The summed E-state index contributed by atoms with van der Waals surface area (Å²) >= 11 is 0. The summed E-state index contributed by atoms with van der Waals surface area (Å²) in [7, 11) is 0. The lowest BCUT2D eigenvalue weighted by Crippen LogP contribution is -2.22. The Balaban J connectivity index is 2.15. The van der Waals surface area contributed by atoms with E-state index in [9.17, 15) is 0 Å². The fourth-order valence-corrected chi connectivity index (χ4v) is 3.63. The first-order chi connectivity index (χ1) is 4.98. The fourth-order valence-electron chi connectivity index (χ4n) is 3.63. The van der Waals surface area contributed by atoms with Crippen molar-refractivity contribution in [1.29, 1.82) is 0 Å². The predicted octanol–water partition coefficient (Wildman–Crippen LogP) is 3.32. The minimum absolute atomic E-state index is 0.723. The Hall–Kier alpha value is 0. The molecule has 0 aromatic carbocycles. The van der Waals surface area contributed by atoms with E-state index >= 15 is 0 Å². The Morgan fingerprint density at radius 3 is 1.73 bits per heavy atom. The van der Waals surface area contributed by atoms with Crippen LogP contribution in [-0.4, -0.2) is 0 Å². The van der Waals surface area contributed by atoms with Gasteiger partial charge in [0.1, 0.15) is 0 Å². The van der Waals surface area contributed by atoms with Gasteiger partial charge in [-0.05, 0) is 35.0 Å². The zero-order valence-corrected chi connectivity index (χ0v) is 8.44. The molecule has 0 spiro atoms. The fraction of sp³-hybridized carbons (Fsp3) is 1.00. The van der Waals surface area contributed by atoms with Crippen LogP contribution in [0.3, 0.4) is 0 Å². The molecule has 0 aromatic rings. The molecule has 0 saturated heterocycles. The highest BCUT2D eigenvalue weighted by Gasteiger charge is 2.87. The monoisotopic (exact) mass is 152 g/mol. The Kier molecular flexibility index (Phi) is 1.16. The van der Waals surface area contributed by atoms with Crippen LogP contribution in [0.25, 0.3) is 0 Å². The topological polar surface area (TPSA) is 0 Å². The van der Waals surface area contributed by atoms with Crippen LogP contribution in [0.4, 0.5) is 0 Å². The van der Waals surface area contributed by atoms with E-state index in [2.05, 4.69) is 34.6 Å². The van der Waals surface area contributed by atoms with Crippen LogP contribution >= 0.6 is 0 Å². The first kappa shape index (κ1) is 7.64. The van der Waals surface area contributed by atoms with E-state index in [1.54, 1.807) is 0 Å².